The van der Waals surface area contributed by atoms with Crippen LogP contribution in [0.3, 0.4) is 0 Å². The molecular formula is C44H76NO10P. The minimum atomic E-state index is -4.73. The molecule has 56 heavy (non-hydrogen) atoms. The molecule has 0 spiro atoms. The minimum Gasteiger partial charge on any atom is -0.480 e. The molecule has 0 aromatic rings. The van der Waals surface area contributed by atoms with E-state index >= 15 is 0 Å². The number of aliphatic carboxylic acids is 1. The highest BCUT2D eigenvalue weighted by molar-refractivity contribution is 7.47. The molecule has 0 aliphatic carbocycles. The van der Waals surface area contributed by atoms with Gasteiger partial charge in [-0.2, -0.15) is 0 Å². The van der Waals surface area contributed by atoms with Crippen molar-refractivity contribution in [3.05, 3.63) is 60.8 Å². The molecule has 0 saturated carbocycles. The van der Waals surface area contributed by atoms with Crippen molar-refractivity contribution in [2.24, 2.45) is 5.73 Å². The van der Waals surface area contributed by atoms with E-state index in [9.17, 15) is 23.8 Å². The quantitative estimate of drug-likeness (QED) is 0.0233. The maximum Gasteiger partial charge on any atom is 0.472 e. The number of phosphoric acid groups is 1. The second-order valence-corrected chi connectivity index (χ2v) is 15.6. The van der Waals surface area contributed by atoms with Gasteiger partial charge in [-0.1, -0.05) is 139 Å². The fourth-order valence-electron chi connectivity index (χ4n) is 5.34. The number of carbonyl (C=O) groups excluding carboxylic acids is 2. The van der Waals surface area contributed by atoms with Gasteiger partial charge in [0.25, 0.3) is 0 Å². The van der Waals surface area contributed by atoms with Gasteiger partial charge in [0.2, 0.25) is 0 Å². The van der Waals surface area contributed by atoms with Gasteiger partial charge in [-0.15, -0.1) is 0 Å². The molecule has 0 aromatic carbocycles. The average molecular weight is 810 g/mol. The molecule has 12 heteroatoms. The third-order valence-corrected chi connectivity index (χ3v) is 9.69. The van der Waals surface area contributed by atoms with Crippen molar-refractivity contribution in [3.8, 4) is 0 Å². The fraction of sp³-hybridized carbons (Fsp3) is 0.705. The van der Waals surface area contributed by atoms with E-state index in [1.165, 1.54) is 57.8 Å². The number of hydrogen-bond donors (Lipinski definition) is 3. The Bertz CT molecular complexity index is 1180. The monoisotopic (exact) mass is 810 g/mol. The number of carbonyl (C=O) groups is 3. The molecule has 1 unspecified atom stereocenters. The zero-order valence-electron chi connectivity index (χ0n) is 34.7. The predicted octanol–water partition coefficient (Wildman–Crippen LogP) is 11.2. The predicted molar refractivity (Wildman–Crippen MR) is 226 cm³/mol. The van der Waals surface area contributed by atoms with Crippen molar-refractivity contribution in [3.63, 3.8) is 0 Å². The lowest BCUT2D eigenvalue weighted by atomic mass is 10.1. The van der Waals surface area contributed by atoms with Crippen LogP contribution in [0.5, 0.6) is 0 Å². The topological polar surface area (TPSA) is 172 Å². The van der Waals surface area contributed by atoms with Crippen LogP contribution in [-0.4, -0.2) is 59.9 Å². The summed E-state index contributed by atoms with van der Waals surface area (Å²) < 4.78 is 32.6. The average Bonchev–Trinajstić information content (AvgIpc) is 3.17. The molecule has 0 bridgehead atoms. The Kier molecular flexibility index (Phi) is 37.1. The summed E-state index contributed by atoms with van der Waals surface area (Å²) in [6.45, 7) is 2.69. The highest BCUT2D eigenvalue weighted by Gasteiger charge is 2.28. The molecule has 4 N–H and O–H groups in total. The number of allylic oxidation sites excluding steroid dienone is 10. The third-order valence-electron chi connectivity index (χ3n) is 8.74. The normalized spacial score (nSPS) is 14.4. The summed E-state index contributed by atoms with van der Waals surface area (Å²) >= 11 is 0. The number of esters is 2. The molecule has 0 amide bonds. The molecule has 0 fully saturated rings. The molecule has 0 aliphatic heterocycles. The first-order valence-electron chi connectivity index (χ1n) is 21.3. The summed E-state index contributed by atoms with van der Waals surface area (Å²) in [5.41, 5.74) is 5.32. The molecule has 0 rings (SSSR count). The van der Waals surface area contributed by atoms with Crippen LogP contribution in [-0.2, 0) is 37.5 Å². The first kappa shape index (κ1) is 53.2. The second-order valence-electron chi connectivity index (χ2n) is 14.1. The van der Waals surface area contributed by atoms with Crippen molar-refractivity contribution in [1.82, 2.24) is 0 Å². The van der Waals surface area contributed by atoms with Gasteiger partial charge in [-0.3, -0.25) is 23.4 Å². The molecule has 0 aliphatic rings. The van der Waals surface area contributed by atoms with E-state index in [4.69, 9.17) is 24.8 Å². The van der Waals surface area contributed by atoms with Gasteiger partial charge in [0, 0.05) is 12.8 Å². The van der Waals surface area contributed by atoms with Gasteiger partial charge in [0.15, 0.2) is 6.10 Å². The van der Waals surface area contributed by atoms with E-state index in [2.05, 4.69) is 67.0 Å². The van der Waals surface area contributed by atoms with Crippen LogP contribution in [0.15, 0.2) is 60.8 Å². The molecule has 11 nitrogen and oxygen atoms in total. The van der Waals surface area contributed by atoms with Gasteiger partial charge in [-0.05, 0) is 77.0 Å². The molecule has 0 aromatic heterocycles. The van der Waals surface area contributed by atoms with Gasteiger partial charge >= 0.3 is 25.7 Å². The van der Waals surface area contributed by atoms with E-state index in [1.807, 2.05) is 12.2 Å². The van der Waals surface area contributed by atoms with Gasteiger partial charge in [0.1, 0.15) is 12.6 Å². The van der Waals surface area contributed by atoms with Gasteiger partial charge in [0.05, 0.1) is 13.2 Å². The number of unbranched alkanes of at least 4 members (excludes halogenated alkanes) is 15. The molecular weight excluding hydrogens is 733 g/mol. The summed E-state index contributed by atoms with van der Waals surface area (Å²) in [5.74, 6) is -2.47. The Morgan fingerprint density at radius 1 is 0.554 bits per heavy atom. The van der Waals surface area contributed by atoms with E-state index in [1.54, 1.807) is 0 Å². The smallest absolute Gasteiger partial charge is 0.472 e. The molecule has 0 radical (unpaired) electrons. The van der Waals surface area contributed by atoms with Crippen LogP contribution in [0.4, 0.5) is 0 Å². The van der Waals surface area contributed by atoms with E-state index in [0.29, 0.717) is 19.3 Å². The Hall–Kier alpha value is -2.82. The number of rotatable bonds is 39. The Balaban J connectivity index is 4.50. The van der Waals surface area contributed by atoms with Crippen LogP contribution in [0.2, 0.25) is 0 Å². The SMILES string of the molecule is CCCCC/C=C\C/C=C\C/C=C\C/C=C\CCCC(=O)OC[C@H](COP(=O)(O)OC[C@H](N)C(=O)O)OC(=O)CCCCCCC/C=C\CCCCCCCC. The number of ether oxygens (including phenoxy) is 2. The Labute approximate surface area is 338 Å². The maximum absolute atomic E-state index is 12.6. The van der Waals surface area contributed by atoms with Crippen LogP contribution >= 0.6 is 7.82 Å². The molecule has 0 heterocycles. The van der Waals surface area contributed by atoms with Crippen molar-refractivity contribution >= 4 is 25.7 Å². The first-order valence-corrected chi connectivity index (χ1v) is 22.8. The molecule has 3 atom stereocenters. The van der Waals surface area contributed by atoms with Crippen molar-refractivity contribution in [2.75, 3.05) is 19.8 Å². The fourth-order valence-corrected chi connectivity index (χ4v) is 6.12. The van der Waals surface area contributed by atoms with Gasteiger partial charge < -0.3 is 25.2 Å². The van der Waals surface area contributed by atoms with E-state index in [0.717, 1.165) is 64.2 Å². The highest BCUT2D eigenvalue weighted by atomic mass is 31.2. The van der Waals surface area contributed by atoms with Crippen LogP contribution in [0.1, 0.15) is 168 Å². The van der Waals surface area contributed by atoms with Crippen LogP contribution < -0.4 is 5.73 Å². The lowest BCUT2D eigenvalue weighted by Crippen LogP contribution is -2.34. The second kappa shape index (κ2) is 39.0. The van der Waals surface area contributed by atoms with Gasteiger partial charge in [-0.25, -0.2) is 4.57 Å². The number of carboxylic acid groups (broad SMARTS) is 1. The summed E-state index contributed by atoms with van der Waals surface area (Å²) in [7, 11) is -4.73. The molecule has 322 valence electrons. The summed E-state index contributed by atoms with van der Waals surface area (Å²) in [6.07, 6.45) is 44.3. The minimum absolute atomic E-state index is 0.137. The Morgan fingerprint density at radius 3 is 1.52 bits per heavy atom. The van der Waals surface area contributed by atoms with Crippen molar-refractivity contribution in [1.29, 1.82) is 0 Å². The lowest BCUT2D eigenvalue weighted by Gasteiger charge is -2.20. The lowest BCUT2D eigenvalue weighted by molar-refractivity contribution is -0.161. The Morgan fingerprint density at radius 2 is 0.964 bits per heavy atom. The number of phosphoric ester groups is 1. The molecule has 0 saturated heterocycles. The summed E-state index contributed by atoms with van der Waals surface area (Å²) in [4.78, 5) is 45.9. The van der Waals surface area contributed by atoms with Crippen LogP contribution in [0.25, 0.3) is 0 Å². The summed E-state index contributed by atoms with van der Waals surface area (Å²) in [5, 5.41) is 8.88. The van der Waals surface area contributed by atoms with Crippen LogP contribution in [0, 0.1) is 0 Å². The summed E-state index contributed by atoms with van der Waals surface area (Å²) in [6, 6.07) is -1.53. The zero-order valence-corrected chi connectivity index (χ0v) is 35.6. The highest BCUT2D eigenvalue weighted by Crippen LogP contribution is 2.43. The third kappa shape index (κ3) is 38.1. The zero-order chi connectivity index (χ0) is 41.4. The van der Waals surface area contributed by atoms with Crippen molar-refractivity contribution in [2.45, 2.75) is 180 Å². The first-order chi connectivity index (χ1) is 27.1. The number of carboxylic acids is 1. The number of hydrogen-bond acceptors (Lipinski definition) is 9. The number of nitrogens with two attached hydrogens (primary N) is 1. The van der Waals surface area contributed by atoms with Crippen molar-refractivity contribution < 1.29 is 47.5 Å². The maximum atomic E-state index is 12.6. The van der Waals surface area contributed by atoms with E-state index in [-0.39, 0.29) is 19.4 Å². The van der Waals surface area contributed by atoms with E-state index < -0.39 is 51.1 Å². The standard InChI is InChI=1S/C44H76NO10P/c1-3-5-7-9-11-13-15-17-19-20-22-23-25-27-29-31-33-35-42(46)52-37-40(38-53-56(50,51)54-39-41(45)44(48)49)55-43(47)36-34-32-30-28-26-24-21-18-16-14-12-10-8-6-4-2/h11,13,17-19,21-23,27,29,40-41H,3-10,12,14-16,20,24-26,28,30-39,45H2,1-2H3,(H,48,49)(H,50,51)/b13-11-,19-17-,21-18-,23-22-,29-27-/t40-,41+/m1/s1. The largest absolute Gasteiger partial charge is 0.480 e.